The number of hydrogen-bond donors (Lipinski definition) is 1. The predicted molar refractivity (Wildman–Crippen MR) is 118 cm³/mol. The van der Waals surface area contributed by atoms with E-state index in [0.29, 0.717) is 19.1 Å². The molecule has 1 aliphatic carbocycles. The Morgan fingerprint density at radius 3 is 2.17 bits per heavy atom. The number of unbranched alkanes of at least 4 members (excludes halogenated alkanes) is 2. The number of carboxylic acids is 1. The van der Waals surface area contributed by atoms with E-state index in [1.807, 2.05) is 0 Å². The summed E-state index contributed by atoms with van der Waals surface area (Å²) in [6.07, 6.45) is 9.14. The van der Waals surface area contributed by atoms with Gasteiger partial charge in [-0.15, -0.1) is 0 Å². The van der Waals surface area contributed by atoms with Crippen LogP contribution in [-0.2, 0) is 4.79 Å². The van der Waals surface area contributed by atoms with Gasteiger partial charge < -0.3 is 14.7 Å². The summed E-state index contributed by atoms with van der Waals surface area (Å²) in [5.41, 5.74) is 3.76. The molecule has 156 valence electrons. The molecule has 2 aromatic rings. The SMILES string of the molecule is Cc1ccc(N(c2ccc(OCCCCCC(=O)O)cc2)C2CCCCC2)cc1. The molecule has 0 aliphatic heterocycles. The van der Waals surface area contributed by atoms with E-state index in [1.165, 1.54) is 49.0 Å². The molecule has 0 radical (unpaired) electrons. The smallest absolute Gasteiger partial charge is 0.303 e. The maximum absolute atomic E-state index is 10.5. The number of nitrogens with zero attached hydrogens (tertiary/aromatic N) is 1. The van der Waals surface area contributed by atoms with Crippen LogP contribution in [0.5, 0.6) is 5.75 Å². The molecule has 0 heterocycles. The third-order valence-corrected chi connectivity index (χ3v) is 5.67. The first-order chi connectivity index (χ1) is 14.1. The van der Waals surface area contributed by atoms with Gasteiger partial charge in [0.2, 0.25) is 0 Å². The van der Waals surface area contributed by atoms with Crippen LogP contribution in [0.1, 0.15) is 63.4 Å². The molecule has 0 unspecified atom stereocenters. The van der Waals surface area contributed by atoms with Crippen molar-refractivity contribution in [3.8, 4) is 5.75 Å². The van der Waals surface area contributed by atoms with Crippen LogP contribution in [-0.4, -0.2) is 23.7 Å². The van der Waals surface area contributed by atoms with Gasteiger partial charge in [-0.25, -0.2) is 0 Å². The highest BCUT2D eigenvalue weighted by Crippen LogP contribution is 2.35. The largest absolute Gasteiger partial charge is 0.494 e. The number of benzene rings is 2. The molecular weight excluding hydrogens is 362 g/mol. The molecule has 1 aliphatic rings. The number of carboxylic acid groups (broad SMARTS) is 1. The number of rotatable bonds is 10. The van der Waals surface area contributed by atoms with E-state index in [2.05, 4.69) is 60.4 Å². The van der Waals surface area contributed by atoms with Crippen molar-refractivity contribution in [1.29, 1.82) is 0 Å². The lowest BCUT2D eigenvalue weighted by Crippen LogP contribution is -2.32. The summed E-state index contributed by atoms with van der Waals surface area (Å²) in [6, 6.07) is 17.8. The van der Waals surface area contributed by atoms with Gasteiger partial charge in [-0.05, 0) is 75.4 Å². The van der Waals surface area contributed by atoms with E-state index < -0.39 is 5.97 Å². The van der Waals surface area contributed by atoms with Crippen molar-refractivity contribution in [1.82, 2.24) is 0 Å². The van der Waals surface area contributed by atoms with E-state index in [9.17, 15) is 4.79 Å². The zero-order valence-electron chi connectivity index (χ0n) is 17.5. The van der Waals surface area contributed by atoms with Gasteiger partial charge >= 0.3 is 5.97 Å². The summed E-state index contributed by atoms with van der Waals surface area (Å²) in [7, 11) is 0. The van der Waals surface area contributed by atoms with Crippen molar-refractivity contribution in [2.45, 2.75) is 70.8 Å². The molecular formula is C25H33NO3. The van der Waals surface area contributed by atoms with Crippen molar-refractivity contribution in [2.75, 3.05) is 11.5 Å². The van der Waals surface area contributed by atoms with Crippen molar-refractivity contribution < 1.29 is 14.6 Å². The van der Waals surface area contributed by atoms with E-state index in [4.69, 9.17) is 9.84 Å². The lowest BCUT2D eigenvalue weighted by Gasteiger charge is -2.36. The summed E-state index contributed by atoms with van der Waals surface area (Å²) in [5, 5.41) is 8.67. The predicted octanol–water partition coefficient (Wildman–Crippen LogP) is 6.49. The van der Waals surface area contributed by atoms with Gasteiger partial charge in [0.25, 0.3) is 0 Å². The number of anilines is 2. The molecule has 3 rings (SSSR count). The zero-order valence-corrected chi connectivity index (χ0v) is 17.5. The number of carbonyl (C=O) groups is 1. The van der Waals surface area contributed by atoms with Gasteiger partial charge in [0.05, 0.1) is 6.61 Å². The molecule has 0 saturated heterocycles. The molecule has 0 aromatic heterocycles. The van der Waals surface area contributed by atoms with Crippen LogP contribution < -0.4 is 9.64 Å². The summed E-state index contributed by atoms with van der Waals surface area (Å²) in [5.74, 6) is 0.150. The fourth-order valence-electron chi connectivity index (χ4n) is 4.06. The fraction of sp³-hybridized carbons (Fsp3) is 0.480. The molecule has 0 bridgehead atoms. The maximum atomic E-state index is 10.5. The van der Waals surface area contributed by atoms with Crippen molar-refractivity contribution in [3.05, 3.63) is 54.1 Å². The van der Waals surface area contributed by atoms with Gasteiger partial charge in [-0.1, -0.05) is 37.0 Å². The highest BCUT2D eigenvalue weighted by atomic mass is 16.5. The Kier molecular flexibility index (Phi) is 7.97. The molecule has 4 heteroatoms. The Labute approximate surface area is 174 Å². The van der Waals surface area contributed by atoms with Crippen molar-refractivity contribution in [2.24, 2.45) is 0 Å². The molecule has 1 saturated carbocycles. The summed E-state index contributed by atoms with van der Waals surface area (Å²) in [4.78, 5) is 13.0. The second-order valence-corrected chi connectivity index (χ2v) is 8.04. The first-order valence-electron chi connectivity index (χ1n) is 10.9. The Morgan fingerprint density at radius 2 is 1.55 bits per heavy atom. The Hall–Kier alpha value is -2.49. The van der Waals surface area contributed by atoms with E-state index in [-0.39, 0.29) is 6.42 Å². The molecule has 1 fully saturated rings. The minimum absolute atomic E-state index is 0.241. The van der Waals surface area contributed by atoms with Gasteiger partial charge in [-0.2, -0.15) is 0 Å². The van der Waals surface area contributed by atoms with Crippen LogP contribution in [0.25, 0.3) is 0 Å². The minimum Gasteiger partial charge on any atom is -0.494 e. The molecule has 0 atom stereocenters. The average molecular weight is 396 g/mol. The first-order valence-corrected chi connectivity index (χ1v) is 10.9. The number of aryl methyl sites for hydroxylation is 1. The first kappa shape index (κ1) is 21.2. The second kappa shape index (κ2) is 10.9. The summed E-state index contributed by atoms with van der Waals surface area (Å²) >= 11 is 0. The third kappa shape index (κ3) is 6.52. The second-order valence-electron chi connectivity index (χ2n) is 8.04. The molecule has 2 aromatic carbocycles. The molecule has 29 heavy (non-hydrogen) atoms. The van der Waals surface area contributed by atoms with Gasteiger partial charge in [0.1, 0.15) is 5.75 Å². The quantitative estimate of drug-likeness (QED) is 0.467. The van der Waals surface area contributed by atoms with Gasteiger partial charge in [0, 0.05) is 23.8 Å². The lowest BCUT2D eigenvalue weighted by molar-refractivity contribution is -0.137. The fourth-order valence-corrected chi connectivity index (χ4v) is 4.06. The number of ether oxygens (including phenoxy) is 1. The Balaban J connectivity index is 1.62. The molecule has 0 spiro atoms. The van der Waals surface area contributed by atoms with E-state index in [0.717, 1.165) is 18.6 Å². The number of hydrogen-bond acceptors (Lipinski definition) is 3. The normalized spacial score (nSPS) is 14.5. The third-order valence-electron chi connectivity index (χ3n) is 5.67. The zero-order chi connectivity index (χ0) is 20.5. The maximum Gasteiger partial charge on any atom is 0.303 e. The molecule has 1 N–H and O–H groups in total. The van der Waals surface area contributed by atoms with Crippen LogP contribution in [0.2, 0.25) is 0 Å². The van der Waals surface area contributed by atoms with E-state index in [1.54, 1.807) is 0 Å². The average Bonchev–Trinajstić information content (AvgIpc) is 2.74. The van der Waals surface area contributed by atoms with Crippen molar-refractivity contribution >= 4 is 17.3 Å². The van der Waals surface area contributed by atoms with Crippen LogP contribution >= 0.6 is 0 Å². The highest BCUT2D eigenvalue weighted by molar-refractivity contribution is 5.66. The van der Waals surface area contributed by atoms with Crippen molar-refractivity contribution in [3.63, 3.8) is 0 Å². The number of aliphatic carboxylic acids is 1. The van der Waals surface area contributed by atoms with E-state index >= 15 is 0 Å². The molecule has 4 nitrogen and oxygen atoms in total. The topological polar surface area (TPSA) is 49.8 Å². The lowest BCUT2D eigenvalue weighted by atomic mass is 9.93. The van der Waals surface area contributed by atoms with Gasteiger partial charge in [-0.3, -0.25) is 4.79 Å². The van der Waals surface area contributed by atoms with Crippen LogP contribution in [0.4, 0.5) is 11.4 Å². The Bertz CT molecular complexity index is 749. The standard InChI is InChI=1S/C25H33NO3/c1-20-11-13-22(14-12-20)26(21-8-4-2-5-9-21)23-15-17-24(18-16-23)29-19-7-3-6-10-25(27)28/h11-18,21H,2-10,19H2,1H3,(H,27,28). The van der Waals surface area contributed by atoms with Crippen LogP contribution in [0.15, 0.2) is 48.5 Å². The highest BCUT2D eigenvalue weighted by Gasteiger charge is 2.23. The summed E-state index contributed by atoms with van der Waals surface area (Å²) < 4.78 is 5.85. The summed E-state index contributed by atoms with van der Waals surface area (Å²) in [6.45, 7) is 2.76. The molecule has 0 amide bonds. The minimum atomic E-state index is -0.724. The Morgan fingerprint density at radius 1 is 0.931 bits per heavy atom. The van der Waals surface area contributed by atoms with Crippen LogP contribution in [0.3, 0.4) is 0 Å². The van der Waals surface area contributed by atoms with Crippen LogP contribution in [0, 0.1) is 6.92 Å². The van der Waals surface area contributed by atoms with Gasteiger partial charge in [0.15, 0.2) is 0 Å². The monoisotopic (exact) mass is 395 g/mol.